The van der Waals surface area contributed by atoms with Crippen LogP contribution < -0.4 is 0 Å². The summed E-state index contributed by atoms with van der Waals surface area (Å²) in [5.41, 5.74) is 0.962. The highest BCUT2D eigenvalue weighted by Gasteiger charge is 2.15. The molecule has 0 heterocycles. The van der Waals surface area contributed by atoms with Gasteiger partial charge in [-0.1, -0.05) is 24.6 Å². The second kappa shape index (κ2) is 5.23. The smallest absolute Gasteiger partial charge is 0.297 e. The Kier molecular flexibility index (Phi) is 4.20. The maximum Gasteiger partial charge on any atom is 0.297 e. The molecule has 88 valence electrons. The van der Waals surface area contributed by atoms with Crippen molar-refractivity contribution in [3.63, 3.8) is 0 Å². The van der Waals surface area contributed by atoms with Gasteiger partial charge in [-0.2, -0.15) is 8.42 Å². The zero-order valence-electron chi connectivity index (χ0n) is 9.26. The van der Waals surface area contributed by atoms with Crippen LogP contribution in [-0.2, 0) is 19.1 Å². The minimum Gasteiger partial charge on any atom is -0.297 e. The number of hydrogen-bond acceptors (Lipinski definition) is 4. The molecule has 0 radical (unpaired) electrons. The third kappa shape index (κ3) is 3.43. The van der Waals surface area contributed by atoms with E-state index < -0.39 is 16.7 Å². The summed E-state index contributed by atoms with van der Waals surface area (Å²) < 4.78 is 27.8. The monoisotopic (exact) mass is 242 g/mol. The fraction of sp³-hybridized carbons (Fsp3) is 0.364. The van der Waals surface area contributed by atoms with Crippen LogP contribution in [0.25, 0.3) is 0 Å². The van der Waals surface area contributed by atoms with Gasteiger partial charge in [-0.25, -0.2) is 0 Å². The van der Waals surface area contributed by atoms with Gasteiger partial charge in [0.25, 0.3) is 10.1 Å². The molecule has 0 fully saturated rings. The molecule has 0 amide bonds. The largest absolute Gasteiger partial charge is 0.297 e. The molecule has 0 N–H and O–H groups in total. The predicted molar refractivity (Wildman–Crippen MR) is 59.6 cm³/mol. The molecule has 1 rings (SSSR count). The standard InChI is InChI=1S/C11H14O4S/c1-3-10(12)8-15-16(13,14)11-6-4-9(2)5-7-11/h4-7H,3,8H2,1-2H3. The zero-order chi connectivity index (χ0) is 12.2. The fourth-order valence-electron chi connectivity index (χ4n) is 1.02. The highest BCUT2D eigenvalue weighted by atomic mass is 32.2. The molecule has 16 heavy (non-hydrogen) atoms. The molecule has 0 bridgehead atoms. The van der Waals surface area contributed by atoms with Crippen LogP contribution in [0.5, 0.6) is 0 Å². The number of rotatable bonds is 5. The van der Waals surface area contributed by atoms with Crippen molar-refractivity contribution >= 4 is 15.9 Å². The van der Waals surface area contributed by atoms with Crippen molar-refractivity contribution in [2.75, 3.05) is 6.61 Å². The summed E-state index contributed by atoms with van der Waals surface area (Å²) in [6.07, 6.45) is 0.267. The van der Waals surface area contributed by atoms with E-state index in [1.807, 2.05) is 6.92 Å². The number of carbonyl (C=O) groups excluding carboxylic acids is 1. The summed E-state index contributed by atoms with van der Waals surface area (Å²) in [7, 11) is -3.80. The van der Waals surface area contributed by atoms with Crippen molar-refractivity contribution in [2.24, 2.45) is 0 Å². The van der Waals surface area contributed by atoms with E-state index in [1.165, 1.54) is 12.1 Å². The van der Waals surface area contributed by atoms with E-state index in [9.17, 15) is 13.2 Å². The maximum absolute atomic E-state index is 11.6. The molecule has 1 aromatic carbocycles. The van der Waals surface area contributed by atoms with Crippen LogP contribution in [0.1, 0.15) is 18.9 Å². The van der Waals surface area contributed by atoms with Crippen LogP contribution in [0.3, 0.4) is 0 Å². The number of ketones is 1. The lowest BCUT2D eigenvalue weighted by Crippen LogP contribution is -2.13. The first kappa shape index (κ1) is 12.9. The van der Waals surface area contributed by atoms with E-state index in [0.29, 0.717) is 0 Å². The highest BCUT2D eigenvalue weighted by Crippen LogP contribution is 2.13. The molecule has 5 heteroatoms. The Bertz CT molecular complexity index is 459. The lowest BCUT2D eigenvalue weighted by Gasteiger charge is -2.04. The molecular weight excluding hydrogens is 228 g/mol. The highest BCUT2D eigenvalue weighted by molar-refractivity contribution is 7.86. The maximum atomic E-state index is 11.6. The minimum absolute atomic E-state index is 0.0713. The molecule has 0 unspecified atom stereocenters. The zero-order valence-corrected chi connectivity index (χ0v) is 10.1. The molecule has 0 aliphatic heterocycles. The molecule has 0 aromatic heterocycles. The first-order chi connectivity index (χ1) is 7.45. The van der Waals surface area contributed by atoms with Crippen LogP contribution in [0.15, 0.2) is 29.2 Å². The number of Topliss-reactive ketones (excluding diaryl/α,β-unsaturated/α-hetero) is 1. The van der Waals surface area contributed by atoms with Crippen molar-refractivity contribution in [3.05, 3.63) is 29.8 Å². The Morgan fingerprint density at radius 2 is 1.81 bits per heavy atom. The second-order valence-electron chi connectivity index (χ2n) is 3.42. The summed E-state index contributed by atoms with van der Waals surface area (Å²) in [6, 6.07) is 6.28. The van der Waals surface area contributed by atoms with Gasteiger partial charge in [-0.3, -0.25) is 8.98 Å². The minimum atomic E-state index is -3.80. The van der Waals surface area contributed by atoms with Crippen molar-refractivity contribution in [1.29, 1.82) is 0 Å². The van der Waals surface area contributed by atoms with Crippen LogP contribution in [0.4, 0.5) is 0 Å². The van der Waals surface area contributed by atoms with Gasteiger partial charge in [0, 0.05) is 6.42 Å². The Balaban J connectivity index is 2.78. The normalized spacial score (nSPS) is 11.4. The van der Waals surface area contributed by atoms with Crippen molar-refractivity contribution in [1.82, 2.24) is 0 Å². The van der Waals surface area contributed by atoms with Crippen LogP contribution in [0, 0.1) is 6.92 Å². The van der Waals surface area contributed by atoms with Crippen molar-refractivity contribution < 1.29 is 17.4 Å². The summed E-state index contributed by atoms with van der Waals surface area (Å²) in [6.45, 7) is 3.12. The Morgan fingerprint density at radius 3 is 2.31 bits per heavy atom. The molecular formula is C11H14O4S. The van der Waals surface area contributed by atoms with Gasteiger partial charge in [0.05, 0.1) is 4.90 Å². The van der Waals surface area contributed by atoms with E-state index in [1.54, 1.807) is 19.1 Å². The van der Waals surface area contributed by atoms with E-state index in [4.69, 9.17) is 0 Å². The lowest BCUT2D eigenvalue weighted by atomic mass is 10.2. The molecule has 0 aliphatic rings. The van der Waals surface area contributed by atoms with Gasteiger partial charge < -0.3 is 0 Å². The van der Waals surface area contributed by atoms with Crippen molar-refractivity contribution in [2.45, 2.75) is 25.2 Å². The number of carbonyl (C=O) groups is 1. The topological polar surface area (TPSA) is 60.4 Å². The van der Waals surface area contributed by atoms with E-state index in [-0.39, 0.29) is 17.1 Å². The summed E-state index contributed by atoms with van der Waals surface area (Å²) in [5, 5.41) is 0. The molecule has 0 aliphatic carbocycles. The number of benzene rings is 1. The third-order valence-electron chi connectivity index (χ3n) is 2.08. The molecule has 0 saturated carbocycles. The van der Waals surface area contributed by atoms with Gasteiger partial charge in [-0.15, -0.1) is 0 Å². The average Bonchev–Trinajstić information content (AvgIpc) is 2.26. The average molecular weight is 242 g/mol. The number of hydrogen-bond donors (Lipinski definition) is 0. The Hall–Kier alpha value is -1.20. The molecule has 1 aromatic rings. The third-order valence-corrected chi connectivity index (χ3v) is 3.36. The van der Waals surface area contributed by atoms with Gasteiger partial charge in [0.1, 0.15) is 6.61 Å². The lowest BCUT2D eigenvalue weighted by molar-refractivity contribution is -0.120. The number of aryl methyl sites for hydroxylation is 1. The van der Waals surface area contributed by atoms with Gasteiger partial charge in [0.2, 0.25) is 0 Å². The molecule has 0 saturated heterocycles. The van der Waals surface area contributed by atoms with Crippen LogP contribution in [0.2, 0.25) is 0 Å². The van der Waals surface area contributed by atoms with Gasteiger partial charge >= 0.3 is 0 Å². The van der Waals surface area contributed by atoms with E-state index in [2.05, 4.69) is 4.18 Å². The Labute approximate surface area is 95.4 Å². The first-order valence-electron chi connectivity index (χ1n) is 4.93. The second-order valence-corrected chi connectivity index (χ2v) is 5.04. The van der Waals surface area contributed by atoms with Gasteiger partial charge in [0.15, 0.2) is 5.78 Å². The fourth-order valence-corrected chi connectivity index (χ4v) is 1.91. The quantitative estimate of drug-likeness (QED) is 0.737. The first-order valence-corrected chi connectivity index (χ1v) is 6.34. The molecule has 0 spiro atoms. The van der Waals surface area contributed by atoms with Crippen molar-refractivity contribution in [3.8, 4) is 0 Å². The summed E-state index contributed by atoms with van der Waals surface area (Å²) >= 11 is 0. The Morgan fingerprint density at radius 1 is 1.25 bits per heavy atom. The van der Waals surface area contributed by atoms with Gasteiger partial charge in [-0.05, 0) is 19.1 Å². The van der Waals surface area contributed by atoms with E-state index in [0.717, 1.165) is 5.56 Å². The molecule has 0 atom stereocenters. The van der Waals surface area contributed by atoms with E-state index >= 15 is 0 Å². The summed E-state index contributed by atoms with van der Waals surface area (Å²) in [5.74, 6) is -0.240. The predicted octanol–water partition coefficient (Wildman–Crippen LogP) is 1.68. The SMILES string of the molecule is CCC(=O)COS(=O)(=O)c1ccc(C)cc1. The van der Waals surface area contributed by atoms with Crippen LogP contribution in [-0.4, -0.2) is 20.8 Å². The molecule has 4 nitrogen and oxygen atoms in total. The van der Waals surface area contributed by atoms with Crippen LogP contribution >= 0.6 is 0 Å². The summed E-state index contributed by atoms with van der Waals surface area (Å²) in [4.78, 5) is 11.0.